The molecule has 0 saturated carbocycles. The van der Waals surface area contributed by atoms with Gasteiger partial charge in [-0.1, -0.05) is 6.92 Å². The lowest BCUT2D eigenvalue weighted by Gasteiger charge is -2.23. The van der Waals surface area contributed by atoms with Crippen LogP contribution in [-0.4, -0.2) is 25.2 Å². The van der Waals surface area contributed by atoms with Gasteiger partial charge in [-0.3, -0.25) is 4.90 Å². The normalized spacial score (nSPS) is 12.2. The van der Waals surface area contributed by atoms with Crippen molar-refractivity contribution in [1.82, 2.24) is 4.90 Å². The molecule has 0 aliphatic heterocycles. The summed E-state index contributed by atoms with van der Waals surface area (Å²) in [7, 11) is 3.97. The van der Waals surface area contributed by atoms with Gasteiger partial charge in [-0.25, -0.2) is 0 Å². The van der Waals surface area contributed by atoms with Gasteiger partial charge in [-0.15, -0.1) is 0 Å². The van der Waals surface area contributed by atoms with Gasteiger partial charge in [0.25, 0.3) is 0 Å². The number of ether oxygens (including phenoxy) is 1. The Morgan fingerprint density at radius 2 is 1.93 bits per heavy atom. The van der Waals surface area contributed by atoms with Crippen molar-refractivity contribution in [2.45, 2.75) is 19.6 Å². The number of rotatable bonds is 4. The third-order valence-corrected chi connectivity index (χ3v) is 2.18. The first-order valence-corrected chi connectivity index (χ1v) is 5.00. The van der Waals surface area contributed by atoms with Crippen molar-refractivity contribution in [2.24, 2.45) is 0 Å². The molecule has 3 nitrogen and oxygen atoms in total. The summed E-state index contributed by atoms with van der Waals surface area (Å²) in [5, 5.41) is 8.65. The molecule has 80 valence electrons. The van der Waals surface area contributed by atoms with Crippen LogP contribution >= 0.6 is 0 Å². The van der Waals surface area contributed by atoms with Gasteiger partial charge in [0.1, 0.15) is 5.75 Å². The van der Waals surface area contributed by atoms with E-state index in [1.807, 2.05) is 31.1 Å². The quantitative estimate of drug-likeness (QED) is 0.706. The van der Waals surface area contributed by atoms with Gasteiger partial charge in [0, 0.05) is 0 Å². The fraction of sp³-hybridized carbons (Fsp3) is 0.417. The molecule has 0 heterocycles. The highest BCUT2D eigenvalue weighted by Crippen LogP contribution is 2.15. The Hall–Kier alpha value is -1.53. The zero-order valence-corrected chi connectivity index (χ0v) is 9.40. The lowest BCUT2D eigenvalue weighted by Crippen LogP contribution is -2.32. The Bertz CT molecular complexity index is 338. The summed E-state index contributed by atoms with van der Waals surface area (Å²) in [5.41, 5.74) is 0.653. The van der Waals surface area contributed by atoms with Crippen LogP contribution in [0.4, 0.5) is 0 Å². The summed E-state index contributed by atoms with van der Waals surface area (Å²) >= 11 is 0. The molecule has 0 radical (unpaired) electrons. The van der Waals surface area contributed by atoms with Crippen molar-refractivity contribution in [1.29, 1.82) is 5.26 Å². The standard InChI is InChI=1S/C12H16N2O/c1-4-12(14(2)3)15-11-7-5-10(9-13)6-8-11/h5-8,12H,4H2,1-3H3. The molecular weight excluding hydrogens is 188 g/mol. The molecule has 0 amide bonds. The van der Waals surface area contributed by atoms with E-state index >= 15 is 0 Å². The van der Waals surface area contributed by atoms with E-state index < -0.39 is 0 Å². The second-order valence-corrected chi connectivity index (χ2v) is 3.58. The number of hydrogen-bond donors (Lipinski definition) is 0. The van der Waals surface area contributed by atoms with Crippen LogP contribution < -0.4 is 4.74 Å². The first kappa shape index (κ1) is 11.5. The van der Waals surface area contributed by atoms with Crippen molar-refractivity contribution in [3.63, 3.8) is 0 Å². The summed E-state index contributed by atoms with van der Waals surface area (Å²) < 4.78 is 5.74. The lowest BCUT2D eigenvalue weighted by atomic mass is 10.2. The summed E-state index contributed by atoms with van der Waals surface area (Å²) in [6.45, 7) is 2.08. The van der Waals surface area contributed by atoms with Crippen LogP contribution in [0.15, 0.2) is 24.3 Å². The van der Waals surface area contributed by atoms with E-state index in [0.29, 0.717) is 5.56 Å². The molecule has 15 heavy (non-hydrogen) atoms. The SMILES string of the molecule is CCC(Oc1ccc(C#N)cc1)N(C)C. The third kappa shape index (κ3) is 3.26. The minimum Gasteiger partial charge on any atom is -0.475 e. The molecule has 0 aliphatic carbocycles. The van der Waals surface area contributed by atoms with E-state index in [9.17, 15) is 0 Å². The number of nitrogens with zero attached hydrogens (tertiary/aromatic N) is 2. The van der Waals surface area contributed by atoms with Crippen molar-refractivity contribution >= 4 is 0 Å². The van der Waals surface area contributed by atoms with Gasteiger partial charge in [0.05, 0.1) is 11.6 Å². The van der Waals surface area contributed by atoms with Crippen LogP contribution in [0.3, 0.4) is 0 Å². The highest BCUT2D eigenvalue weighted by atomic mass is 16.5. The van der Waals surface area contributed by atoms with Crippen molar-refractivity contribution < 1.29 is 4.74 Å². The van der Waals surface area contributed by atoms with Crippen LogP contribution in [0.5, 0.6) is 5.75 Å². The molecule has 1 unspecified atom stereocenters. The monoisotopic (exact) mass is 204 g/mol. The number of nitriles is 1. The molecule has 0 aliphatic rings. The van der Waals surface area contributed by atoms with E-state index in [-0.39, 0.29) is 6.23 Å². The Kier molecular flexibility index (Phi) is 4.14. The highest BCUT2D eigenvalue weighted by molar-refractivity contribution is 5.34. The summed E-state index contributed by atoms with van der Waals surface area (Å²) in [6, 6.07) is 9.25. The largest absolute Gasteiger partial charge is 0.475 e. The maximum absolute atomic E-state index is 8.65. The molecule has 1 aromatic rings. The second-order valence-electron chi connectivity index (χ2n) is 3.58. The van der Waals surface area contributed by atoms with E-state index in [2.05, 4.69) is 13.0 Å². The Balaban J connectivity index is 2.68. The predicted octanol–water partition coefficient (Wildman–Crippen LogP) is 2.23. The zero-order valence-electron chi connectivity index (χ0n) is 9.40. The van der Waals surface area contributed by atoms with Gasteiger partial charge in [0.15, 0.2) is 6.23 Å². The number of benzene rings is 1. The topological polar surface area (TPSA) is 36.3 Å². The molecular formula is C12H16N2O. The summed E-state index contributed by atoms with van der Waals surface area (Å²) in [4.78, 5) is 2.03. The summed E-state index contributed by atoms with van der Waals surface area (Å²) in [6.07, 6.45) is 1.01. The molecule has 1 atom stereocenters. The average molecular weight is 204 g/mol. The molecule has 0 spiro atoms. The van der Waals surface area contributed by atoms with Gasteiger partial charge in [-0.05, 0) is 44.8 Å². The molecule has 0 aromatic heterocycles. The molecule has 1 rings (SSSR count). The van der Waals surface area contributed by atoms with Gasteiger partial charge in [0.2, 0.25) is 0 Å². The Morgan fingerprint density at radius 1 is 1.33 bits per heavy atom. The highest BCUT2D eigenvalue weighted by Gasteiger charge is 2.09. The third-order valence-electron chi connectivity index (χ3n) is 2.18. The van der Waals surface area contributed by atoms with Crippen LogP contribution in [0.2, 0.25) is 0 Å². The fourth-order valence-corrected chi connectivity index (χ4v) is 1.32. The van der Waals surface area contributed by atoms with Crippen LogP contribution in [0, 0.1) is 11.3 Å². The van der Waals surface area contributed by atoms with E-state index in [1.54, 1.807) is 12.1 Å². The molecule has 0 fully saturated rings. The van der Waals surface area contributed by atoms with E-state index in [4.69, 9.17) is 10.00 Å². The first-order valence-electron chi connectivity index (χ1n) is 5.00. The van der Waals surface area contributed by atoms with Crippen molar-refractivity contribution in [3.8, 4) is 11.8 Å². The smallest absolute Gasteiger partial charge is 0.151 e. The van der Waals surface area contributed by atoms with Gasteiger partial charge in [-0.2, -0.15) is 5.26 Å². The molecule has 1 aromatic carbocycles. The molecule has 0 N–H and O–H groups in total. The minimum atomic E-state index is 0.0814. The number of hydrogen-bond acceptors (Lipinski definition) is 3. The van der Waals surface area contributed by atoms with E-state index in [0.717, 1.165) is 12.2 Å². The van der Waals surface area contributed by atoms with Gasteiger partial charge >= 0.3 is 0 Å². The van der Waals surface area contributed by atoms with Crippen molar-refractivity contribution in [3.05, 3.63) is 29.8 Å². The predicted molar refractivity (Wildman–Crippen MR) is 59.6 cm³/mol. The van der Waals surface area contributed by atoms with E-state index in [1.165, 1.54) is 0 Å². The Labute approximate surface area is 90.9 Å². The zero-order chi connectivity index (χ0) is 11.3. The second kappa shape index (κ2) is 5.38. The Morgan fingerprint density at radius 3 is 2.33 bits per heavy atom. The van der Waals surface area contributed by atoms with Crippen LogP contribution in [0.25, 0.3) is 0 Å². The van der Waals surface area contributed by atoms with Crippen molar-refractivity contribution in [2.75, 3.05) is 14.1 Å². The van der Waals surface area contributed by atoms with Crippen LogP contribution in [-0.2, 0) is 0 Å². The molecule has 0 bridgehead atoms. The maximum atomic E-state index is 8.65. The first-order chi connectivity index (χ1) is 7.17. The fourth-order valence-electron chi connectivity index (χ4n) is 1.32. The van der Waals surface area contributed by atoms with Crippen LogP contribution in [0.1, 0.15) is 18.9 Å². The summed E-state index contributed by atoms with van der Waals surface area (Å²) in [5.74, 6) is 0.801. The average Bonchev–Trinajstić information content (AvgIpc) is 2.26. The minimum absolute atomic E-state index is 0.0814. The van der Waals surface area contributed by atoms with Gasteiger partial charge < -0.3 is 4.74 Å². The molecule has 3 heteroatoms. The lowest BCUT2D eigenvalue weighted by molar-refractivity contribution is 0.0612. The molecule has 0 saturated heterocycles. The maximum Gasteiger partial charge on any atom is 0.151 e.